The smallest absolute Gasteiger partial charge is 0.149 e. The molecular formula is C53H51N3O. The number of hydrogen-bond acceptors (Lipinski definition) is 3. The molecule has 8 rings (SSSR count). The Morgan fingerprint density at radius 2 is 1.35 bits per heavy atom. The Kier molecular flexibility index (Phi) is 6.89. The van der Waals surface area contributed by atoms with Gasteiger partial charge in [-0.15, -0.1) is 0 Å². The summed E-state index contributed by atoms with van der Waals surface area (Å²) in [4.78, 5) is 9.85. The van der Waals surface area contributed by atoms with Crippen LogP contribution in [-0.2, 0) is 10.8 Å². The van der Waals surface area contributed by atoms with Crippen LogP contribution in [0.15, 0.2) is 139 Å². The van der Waals surface area contributed by atoms with Crippen molar-refractivity contribution in [3.05, 3.63) is 167 Å². The lowest BCUT2D eigenvalue weighted by Crippen LogP contribution is -2.12. The van der Waals surface area contributed by atoms with Crippen molar-refractivity contribution in [3.63, 3.8) is 0 Å². The van der Waals surface area contributed by atoms with Crippen LogP contribution in [0.5, 0.6) is 5.75 Å². The molecule has 0 atom stereocenters. The van der Waals surface area contributed by atoms with Crippen molar-refractivity contribution in [2.75, 3.05) is 0 Å². The molecule has 6 aromatic carbocycles. The van der Waals surface area contributed by atoms with E-state index in [9.17, 15) is 6.48 Å². The average Bonchev–Trinajstić information content (AvgIpc) is 3.65. The van der Waals surface area contributed by atoms with E-state index in [1.54, 1.807) is 0 Å². The highest BCUT2D eigenvalue weighted by Crippen LogP contribution is 2.43. The number of fused-ring (bicyclic) bond motifs is 1. The Morgan fingerprint density at radius 1 is 0.614 bits per heavy atom. The number of aryl methyl sites for hydroxylation is 2. The zero-order valence-electron chi connectivity index (χ0n) is 43.5. The number of hydrogen-bond donors (Lipinski definition) is 1. The molecule has 4 heteroatoms. The van der Waals surface area contributed by atoms with Crippen molar-refractivity contribution in [1.29, 1.82) is 0 Å². The van der Waals surface area contributed by atoms with E-state index in [0.29, 0.717) is 33.6 Å². The minimum atomic E-state index is -2.96. The minimum absolute atomic E-state index is 0.0369. The molecule has 2 heterocycles. The summed E-state index contributed by atoms with van der Waals surface area (Å²) in [5, 5.41) is 11.8. The molecule has 0 bridgehead atoms. The SMILES string of the molecule is [2H]c1nc(-c2cc(-c3cccc4c3nc(-c3cc(C)cc(C)c3O)n4-c3ccc(C(C)(C)C)cc3-c3ccccc3)cc(C(C)(C)C)c2)c([2H])c(-c2c([2H])c([2H])c(C([2H])([2H])[2H])c([2H])c2[2H])c1[2H]. The number of aromatic hydroxyl groups is 1. The third-order valence-corrected chi connectivity index (χ3v) is 10.4. The number of nitrogens with zero attached hydrogens (tertiary/aromatic N) is 3. The monoisotopic (exact) mass is 755 g/mol. The predicted octanol–water partition coefficient (Wildman–Crippen LogP) is 14.0. The second-order valence-electron chi connectivity index (χ2n) is 16.8. The van der Waals surface area contributed by atoms with Gasteiger partial charge in [0, 0.05) is 27.0 Å². The summed E-state index contributed by atoms with van der Waals surface area (Å²) in [6, 6.07) is 28.0. The van der Waals surface area contributed by atoms with Crippen LogP contribution < -0.4 is 0 Å². The van der Waals surface area contributed by atoms with Crippen LogP contribution >= 0.6 is 0 Å². The highest BCUT2D eigenvalue weighted by Gasteiger charge is 2.25. The Balaban J connectivity index is 1.44. The van der Waals surface area contributed by atoms with E-state index in [0.717, 1.165) is 44.6 Å². The van der Waals surface area contributed by atoms with Crippen molar-refractivity contribution in [1.82, 2.24) is 14.5 Å². The average molecular weight is 756 g/mol. The summed E-state index contributed by atoms with van der Waals surface area (Å²) in [6.07, 6.45) is -0.564. The van der Waals surface area contributed by atoms with Gasteiger partial charge in [-0.2, -0.15) is 0 Å². The maximum Gasteiger partial charge on any atom is 0.149 e. The minimum Gasteiger partial charge on any atom is -0.507 e. The lowest BCUT2D eigenvalue weighted by Gasteiger charge is -2.23. The number of imidazole rings is 1. The standard InChI is InChI=1S/C53H51N3O/c1-33-18-20-36(21-19-33)38-24-25-54-46(31-38)40-28-39(29-42(30-40)53(7,8)9)43-16-13-17-48-49(43)55-51(45-27-34(2)26-35(3)50(45)57)56(48)47-23-22-41(52(4,5)6)32-44(47)37-14-11-10-12-15-37/h10-32,57H,1-9H3/i1D3,18D,19D,20D,21D,24D,25D,31D. The van der Waals surface area contributed by atoms with Gasteiger partial charge in [0.15, 0.2) is 0 Å². The number of pyridine rings is 1. The second kappa shape index (κ2) is 14.4. The summed E-state index contributed by atoms with van der Waals surface area (Å²) >= 11 is 0. The van der Waals surface area contributed by atoms with Crippen molar-refractivity contribution >= 4 is 11.0 Å². The number of para-hydroxylation sites is 1. The van der Waals surface area contributed by atoms with Gasteiger partial charge in [-0.05, 0) is 125 Å². The fourth-order valence-corrected chi connectivity index (χ4v) is 7.30. The highest BCUT2D eigenvalue weighted by atomic mass is 16.3. The first-order chi connectivity index (χ1) is 31.3. The molecule has 8 aromatic rings. The molecule has 4 nitrogen and oxygen atoms in total. The fraction of sp³-hybridized carbons (Fsp3) is 0.208. The van der Waals surface area contributed by atoms with Crippen LogP contribution in [0.4, 0.5) is 0 Å². The molecule has 0 amide bonds. The summed E-state index contributed by atoms with van der Waals surface area (Å²) in [5.41, 5.74) is 7.96. The van der Waals surface area contributed by atoms with Gasteiger partial charge < -0.3 is 5.11 Å². The van der Waals surface area contributed by atoms with E-state index in [-0.39, 0.29) is 22.4 Å². The Hall–Kier alpha value is -6.26. The molecule has 0 saturated heterocycles. The lowest BCUT2D eigenvalue weighted by atomic mass is 9.83. The summed E-state index contributed by atoms with van der Waals surface area (Å²) in [6.45, 7) is 13.6. The first-order valence-corrected chi connectivity index (χ1v) is 19.1. The number of phenolic OH excluding ortho intramolecular Hbond substituents is 1. The van der Waals surface area contributed by atoms with Gasteiger partial charge >= 0.3 is 0 Å². The van der Waals surface area contributed by atoms with Gasteiger partial charge in [0.25, 0.3) is 0 Å². The summed E-state index contributed by atoms with van der Waals surface area (Å²) < 4.78 is 87.8. The Bertz CT molecular complexity index is 3280. The summed E-state index contributed by atoms with van der Waals surface area (Å²) in [5.74, 6) is 0.630. The molecule has 0 saturated carbocycles. The van der Waals surface area contributed by atoms with Gasteiger partial charge in [0.2, 0.25) is 0 Å². The van der Waals surface area contributed by atoms with Gasteiger partial charge in [0.05, 0.1) is 37.6 Å². The molecule has 284 valence electrons. The largest absolute Gasteiger partial charge is 0.507 e. The molecule has 0 aliphatic rings. The van der Waals surface area contributed by atoms with Gasteiger partial charge in [0.1, 0.15) is 11.6 Å². The van der Waals surface area contributed by atoms with Gasteiger partial charge in [-0.25, -0.2) is 4.98 Å². The zero-order chi connectivity index (χ0) is 48.8. The van der Waals surface area contributed by atoms with Crippen LogP contribution in [0, 0.1) is 20.7 Å². The molecule has 1 N–H and O–H groups in total. The summed E-state index contributed by atoms with van der Waals surface area (Å²) in [7, 11) is 0. The maximum atomic E-state index is 11.8. The number of phenols is 1. The van der Waals surface area contributed by atoms with Crippen molar-refractivity contribution in [3.8, 4) is 67.5 Å². The first kappa shape index (κ1) is 27.4. The van der Waals surface area contributed by atoms with Crippen LogP contribution in [0.3, 0.4) is 0 Å². The van der Waals surface area contributed by atoms with Crippen molar-refractivity contribution < 1.29 is 18.8 Å². The van der Waals surface area contributed by atoms with Crippen LogP contribution in [0.2, 0.25) is 0 Å². The molecule has 0 radical (unpaired) electrons. The number of aromatic nitrogens is 3. The first-order valence-electron chi connectivity index (χ1n) is 24.1. The van der Waals surface area contributed by atoms with Crippen LogP contribution in [0.1, 0.15) is 83.1 Å². The van der Waals surface area contributed by atoms with E-state index >= 15 is 0 Å². The number of benzene rings is 6. The van der Waals surface area contributed by atoms with E-state index in [1.807, 2.05) is 101 Å². The molecule has 0 fully saturated rings. The van der Waals surface area contributed by atoms with Crippen LogP contribution in [0.25, 0.3) is 72.7 Å². The van der Waals surface area contributed by atoms with Gasteiger partial charge in [-0.3, -0.25) is 9.55 Å². The molecule has 57 heavy (non-hydrogen) atoms. The van der Waals surface area contributed by atoms with Crippen LogP contribution in [-0.4, -0.2) is 19.6 Å². The van der Waals surface area contributed by atoms with E-state index in [2.05, 4.69) is 60.7 Å². The molecular weight excluding hydrogens is 695 g/mol. The quantitative estimate of drug-likeness (QED) is 0.184. The number of rotatable bonds is 6. The van der Waals surface area contributed by atoms with E-state index < -0.39 is 65.8 Å². The third-order valence-electron chi connectivity index (χ3n) is 10.4. The Labute approximate surface area is 351 Å². The third kappa shape index (κ3) is 7.29. The molecule has 2 aromatic heterocycles. The van der Waals surface area contributed by atoms with Crippen molar-refractivity contribution in [2.45, 2.75) is 73.1 Å². The van der Waals surface area contributed by atoms with Crippen molar-refractivity contribution in [2.24, 2.45) is 0 Å². The van der Waals surface area contributed by atoms with E-state index in [1.165, 1.54) is 0 Å². The lowest BCUT2D eigenvalue weighted by molar-refractivity contribution is 0.472. The van der Waals surface area contributed by atoms with E-state index in [4.69, 9.17) is 17.3 Å². The zero-order valence-corrected chi connectivity index (χ0v) is 33.5. The molecule has 0 unspecified atom stereocenters. The maximum absolute atomic E-state index is 11.8. The fourth-order valence-electron chi connectivity index (χ4n) is 7.30. The Morgan fingerprint density at radius 3 is 2.07 bits per heavy atom. The predicted molar refractivity (Wildman–Crippen MR) is 239 cm³/mol. The molecule has 0 aliphatic heterocycles. The molecule has 0 aliphatic carbocycles. The normalized spacial score (nSPS) is 14.7. The topological polar surface area (TPSA) is 50.9 Å². The second-order valence-corrected chi connectivity index (χ2v) is 16.8. The highest BCUT2D eigenvalue weighted by molar-refractivity contribution is 5.98. The van der Waals surface area contributed by atoms with Gasteiger partial charge in [-0.1, -0.05) is 132 Å². The molecule has 0 spiro atoms.